The van der Waals surface area contributed by atoms with Crippen LogP contribution in [0.1, 0.15) is 18.2 Å². The second kappa shape index (κ2) is 9.80. The highest BCUT2D eigenvalue weighted by Gasteiger charge is 2.19. The standard InChI is InChI=1S/C23H24FN3O4/c1-5-7-16-10-11-19(20(12-16)29-4)30-14-21(28)25-22-15(2)26-27(3)23(22)31-18-9-6-8-17(24)13-18/h5-13H,14H2,1-4H3,(H,25,28)/b7-5+. The number of halogens is 1. The normalized spacial score (nSPS) is 10.9. The number of aromatic nitrogens is 2. The van der Waals surface area contributed by atoms with E-state index in [1.165, 1.54) is 30.0 Å². The predicted octanol–water partition coefficient (Wildman–Crippen LogP) is 4.72. The van der Waals surface area contributed by atoms with E-state index in [1.54, 1.807) is 26.1 Å². The highest BCUT2D eigenvalue weighted by atomic mass is 19.1. The van der Waals surface area contributed by atoms with Gasteiger partial charge in [-0.2, -0.15) is 5.10 Å². The lowest BCUT2D eigenvalue weighted by Crippen LogP contribution is -2.21. The molecule has 1 amide bonds. The van der Waals surface area contributed by atoms with Crippen molar-refractivity contribution in [2.24, 2.45) is 7.05 Å². The molecule has 0 unspecified atom stereocenters. The molecule has 1 aromatic heterocycles. The zero-order chi connectivity index (χ0) is 22.4. The maximum absolute atomic E-state index is 13.5. The molecular weight excluding hydrogens is 401 g/mol. The van der Waals surface area contributed by atoms with Gasteiger partial charge in [0.15, 0.2) is 18.1 Å². The van der Waals surface area contributed by atoms with Crippen molar-refractivity contribution >= 4 is 17.7 Å². The smallest absolute Gasteiger partial charge is 0.262 e. The van der Waals surface area contributed by atoms with E-state index < -0.39 is 11.7 Å². The van der Waals surface area contributed by atoms with Crippen molar-refractivity contribution in [3.05, 3.63) is 65.6 Å². The average Bonchev–Trinajstić information content (AvgIpc) is 3.00. The minimum absolute atomic E-state index is 0.243. The van der Waals surface area contributed by atoms with Crippen LogP contribution in [-0.4, -0.2) is 29.4 Å². The van der Waals surface area contributed by atoms with Crippen molar-refractivity contribution in [2.75, 3.05) is 19.0 Å². The minimum atomic E-state index is -0.426. The van der Waals surface area contributed by atoms with Crippen LogP contribution in [0.4, 0.5) is 10.1 Å². The van der Waals surface area contributed by atoms with Crippen LogP contribution in [0.15, 0.2) is 48.5 Å². The zero-order valence-corrected chi connectivity index (χ0v) is 17.8. The van der Waals surface area contributed by atoms with Crippen LogP contribution in [0.5, 0.6) is 23.1 Å². The van der Waals surface area contributed by atoms with Crippen molar-refractivity contribution < 1.29 is 23.4 Å². The second-order valence-electron chi connectivity index (χ2n) is 6.70. The van der Waals surface area contributed by atoms with Gasteiger partial charge in [0, 0.05) is 13.1 Å². The Labute approximate surface area is 180 Å². The molecule has 0 saturated heterocycles. The number of methoxy groups -OCH3 is 1. The first-order valence-corrected chi connectivity index (χ1v) is 9.61. The molecule has 162 valence electrons. The van der Waals surface area contributed by atoms with Crippen LogP contribution < -0.4 is 19.5 Å². The fourth-order valence-electron chi connectivity index (χ4n) is 2.96. The Bertz CT molecular complexity index is 1110. The summed E-state index contributed by atoms with van der Waals surface area (Å²) in [6.07, 6.45) is 3.85. The van der Waals surface area contributed by atoms with Crippen LogP contribution in [0.3, 0.4) is 0 Å². The highest BCUT2D eigenvalue weighted by Crippen LogP contribution is 2.32. The van der Waals surface area contributed by atoms with Gasteiger partial charge in [0.05, 0.1) is 12.8 Å². The number of hydrogen-bond donors (Lipinski definition) is 1. The zero-order valence-electron chi connectivity index (χ0n) is 17.8. The Kier molecular flexibility index (Phi) is 6.92. The van der Waals surface area contributed by atoms with Crippen LogP contribution in [-0.2, 0) is 11.8 Å². The molecule has 1 N–H and O–H groups in total. The van der Waals surface area contributed by atoms with Crippen molar-refractivity contribution in [3.63, 3.8) is 0 Å². The maximum Gasteiger partial charge on any atom is 0.262 e. The minimum Gasteiger partial charge on any atom is -0.493 e. The number of carbonyl (C=O) groups excluding carboxylic acids is 1. The van der Waals surface area contributed by atoms with E-state index in [-0.39, 0.29) is 12.5 Å². The number of benzene rings is 2. The van der Waals surface area contributed by atoms with Gasteiger partial charge in [0.25, 0.3) is 5.91 Å². The van der Waals surface area contributed by atoms with Crippen LogP contribution >= 0.6 is 0 Å². The van der Waals surface area contributed by atoms with Crippen molar-refractivity contribution in [1.82, 2.24) is 9.78 Å². The number of ether oxygens (including phenoxy) is 3. The topological polar surface area (TPSA) is 74.6 Å². The molecule has 0 aliphatic rings. The van der Waals surface area contributed by atoms with Crippen LogP contribution in [0.2, 0.25) is 0 Å². The number of rotatable bonds is 8. The Morgan fingerprint density at radius 1 is 1.23 bits per heavy atom. The van der Waals surface area contributed by atoms with Gasteiger partial charge >= 0.3 is 0 Å². The van der Waals surface area contributed by atoms with E-state index in [1.807, 2.05) is 31.2 Å². The van der Waals surface area contributed by atoms with Gasteiger partial charge in [-0.25, -0.2) is 9.07 Å². The van der Waals surface area contributed by atoms with Gasteiger partial charge in [-0.05, 0) is 43.7 Å². The number of aryl methyl sites for hydroxylation is 2. The average molecular weight is 425 g/mol. The number of hydrogen-bond acceptors (Lipinski definition) is 5. The summed E-state index contributed by atoms with van der Waals surface area (Å²) in [5.74, 6) is 0.719. The molecule has 2 aromatic carbocycles. The molecule has 0 fully saturated rings. The van der Waals surface area contributed by atoms with Gasteiger partial charge in [0.1, 0.15) is 17.3 Å². The van der Waals surface area contributed by atoms with E-state index in [4.69, 9.17) is 14.2 Å². The molecule has 0 aliphatic carbocycles. The molecule has 0 saturated carbocycles. The lowest BCUT2D eigenvalue weighted by Gasteiger charge is -2.12. The number of nitrogens with zero attached hydrogens (tertiary/aromatic N) is 2. The SMILES string of the molecule is C/C=C/c1ccc(OCC(=O)Nc2c(C)nn(C)c2Oc2cccc(F)c2)c(OC)c1. The van der Waals surface area contributed by atoms with Crippen molar-refractivity contribution in [1.29, 1.82) is 0 Å². The van der Waals surface area contributed by atoms with E-state index in [0.717, 1.165) is 5.56 Å². The lowest BCUT2D eigenvalue weighted by molar-refractivity contribution is -0.118. The monoisotopic (exact) mass is 425 g/mol. The molecule has 0 spiro atoms. The molecule has 0 aliphatic heterocycles. The largest absolute Gasteiger partial charge is 0.493 e. The number of carbonyl (C=O) groups is 1. The summed E-state index contributed by atoms with van der Waals surface area (Å²) in [6.45, 7) is 3.42. The third-order valence-corrected chi connectivity index (χ3v) is 4.35. The lowest BCUT2D eigenvalue weighted by atomic mass is 10.2. The van der Waals surface area contributed by atoms with E-state index in [9.17, 15) is 9.18 Å². The number of allylic oxidation sites excluding steroid dienone is 1. The molecule has 0 bridgehead atoms. The van der Waals surface area contributed by atoms with Gasteiger partial charge in [0.2, 0.25) is 5.88 Å². The Morgan fingerprint density at radius 2 is 2.03 bits per heavy atom. The first-order valence-electron chi connectivity index (χ1n) is 9.61. The Morgan fingerprint density at radius 3 is 2.74 bits per heavy atom. The number of anilines is 1. The third-order valence-electron chi connectivity index (χ3n) is 4.35. The molecule has 31 heavy (non-hydrogen) atoms. The Hall–Kier alpha value is -3.81. The maximum atomic E-state index is 13.5. The van der Waals surface area contributed by atoms with Crippen molar-refractivity contribution in [3.8, 4) is 23.1 Å². The summed E-state index contributed by atoms with van der Waals surface area (Å²) in [5.41, 5.74) is 1.90. The summed E-state index contributed by atoms with van der Waals surface area (Å²) in [6, 6.07) is 11.2. The van der Waals surface area contributed by atoms with E-state index in [2.05, 4.69) is 10.4 Å². The molecule has 1 heterocycles. The summed E-state index contributed by atoms with van der Waals surface area (Å²) in [7, 11) is 3.21. The molecular formula is C23H24FN3O4. The first-order chi connectivity index (χ1) is 14.9. The van der Waals surface area contributed by atoms with Gasteiger partial charge in [-0.15, -0.1) is 0 Å². The van der Waals surface area contributed by atoms with Gasteiger partial charge < -0.3 is 19.5 Å². The van der Waals surface area contributed by atoms with E-state index >= 15 is 0 Å². The summed E-state index contributed by atoms with van der Waals surface area (Å²) in [5, 5.41) is 7.03. The quantitative estimate of drug-likeness (QED) is 0.565. The molecule has 3 aromatic rings. The predicted molar refractivity (Wildman–Crippen MR) is 116 cm³/mol. The van der Waals surface area contributed by atoms with Crippen molar-refractivity contribution in [2.45, 2.75) is 13.8 Å². The Balaban J connectivity index is 1.71. The van der Waals surface area contributed by atoms with Crippen LogP contribution in [0, 0.1) is 12.7 Å². The molecule has 0 atom stereocenters. The van der Waals surface area contributed by atoms with E-state index in [0.29, 0.717) is 28.6 Å². The fourth-order valence-corrected chi connectivity index (χ4v) is 2.96. The third kappa shape index (κ3) is 5.42. The summed E-state index contributed by atoms with van der Waals surface area (Å²) < 4.78 is 31.7. The molecule has 3 rings (SSSR count). The molecule has 0 radical (unpaired) electrons. The van der Waals surface area contributed by atoms with Crippen LogP contribution in [0.25, 0.3) is 6.08 Å². The molecule has 8 heteroatoms. The number of nitrogens with one attached hydrogen (secondary N) is 1. The molecule has 7 nitrogen and oxygen atoms in total. The fraction of sp³-hybridized carbons (Fsp3) is 0.217. The summed E-state index contributed by atoms with van der Waals surface area (Å²) in [4.78, 5) is 12.5. The second-order valence-corrected chi connectivity index (χ2v) is 6.70. The van der Waals surface area contributed by atoms with Gasteiger partial charge in [-0.1, -0.05) is 24.3 Å². The number of amides is 1. The highest BCUT2D eigenvalue weighted by molar-refractivity contribution is 5.93. The first kappa shape index (κ1) is 21.9. The summed E-state index contributed by atoms with van der Waals surface area (Å²) >= 11 is 0. The van der Waals surface area contributed by atoms with Gasteiger partial charge in [-0.3, -0.25) is 4.79 Å².